The highest BCUT2D eigenvalue weighted by Gasteiger charge is 2.21. The summed E-state index contributed by atoms with van der Waals surface area (Å²) in [7, 11) is 0. The van der Waals surface area contributed by atoms with E-state index in [1.807, 2.05) is 6.92 Å². The number of thiophene rings is 1. The predicted octanol–water partition coefficient (Wildman–Crippen LogP) is 2.67. The van der Waals surface area contributed by atoms with Crippen LogP contribution >= 0.6 is 11.3 Å². The SMILES string of the molecule is CCc1cc(C(=O)O)c(NC(=O)c2c(O)cccc2O)s1. The molecule has 0 aliphatic carbocycles. The normalized spacial score (nSPS) is 10.3. The van der Waals surface area contributed by atoms with Crippen LogP contribution < -0.4 is 5.32 Å². The topological polar surface area (TPSA) is 107 Å². The lowest BCUT2D eigenvalue weighted by Gasteiger charge is -2.07. The summed E-state index contributed by atoms with van der Waals surface area (Å²) in [4.78, 5) is 24.1. The van der Waals surface area contributed by atoms with Gasteiger partial charge in [-0.25, -0.2) is 4.79 Å². The Morgan fingerprint density at radius 1 is 1.24 bits per heavy atom. The molecule has 0 bridgehead atoms. The number of benzene rings is 1. The molecule has 110 valence electrons. The number of carbonyl (C=O) groups excluding carboxylic acids is 1. The number of hydrogen-bond donors (Lipinski definition) is 4. The first-order valence-corrected chi connectivity index (χ1v) is 6.94. The number of amides is 1. The minimum Gasteiger partial charge on any atom is -0.507 e. The predicted molar refractivity (Wildman–Crippen MR) is 78.4 cm³/mol. The van der Waals surface area contributed by atoms with Gasteiger partial charge in [-0.05, 0) is 24.6 Å². The van der Waals surface area contributed by atoms with E-state index in [-0.39, 0.29) is 27.6 Å². The second kappa shape index (κ2) is 5.84. The van der Waals surface area contributed by atoms with E-state index in [9.17, 15) is 19.8 Å². The summed E-state index contributed by atoms with van der Waals surface area (Å²) < 4.78 is 0. The Hall–Kier alpha value is -2.54. The van der Waals surface area contributed by atoms with Crippen LogP contribution in [0.3, 0.4) is 0 Å². The van der Waals surface area contributed by atoms with Crippen molar-refractivity contribution in [3.8, 4) is 11.5 Å². The quantitative estimate of drug-likeness (QED) is 0.694. The van der Waals surface area contributed by atoms with Gasteiger partial charge in [0.05, 0.1) is 5.56 Å². The maximum atomic E-state index is 12.1. The zero-order chi connectivity index (χ0) is 15.6. The molecule has 0 atom stereocenters. The standard InChI is InChI=1S/C14H13NO5S/c1-2-7-6-8(14(19)20)13(21-7)15-12(18)11-9(16)4-3-5-10(11)17/h3-6,16-17H,2H2,1H3,(H,15,18)(H,19,20). The molecule has 0 aliphatic rings. The number of rotatable bonds is 4. The Balaban J connectivity index is 2.36. The van der Waals surface area contributed by atoms with Crippen molar-refractivity contribution in [2.75, 3.05) is 5.32 Å². The van der Waals surface area contributed by atoms with Crippen molar-refractivity contribution in [2.45, 2.75) is 13.3 Å². The van der Waals surface area contributed by atoms with Crippen molar-refractivity contribution < 1.29 is 24.9 Å². The average Bonchev–Trinajstić information content (AvgIpc) is 2.81. The highest BCUT2D eigenvalue weighted by Crippen LogP contribution is 2.32. The molecule has 0 saturated heterocycles. The molecule has 1 aromatic heterocycles. The summed E-state index contributed by atoms with van der Waals surface area (Å²) in [5, 5.41) is 31.0. The molecule has 4 N–H and O–H groups in total. The number of carboxylic acids is 1. The Kier molecular flexibility index (Phi) is 4.13. The molecule has 1 aromatic carbocycles. The van der Waals surface area contributed by atoms with E-state index in [1.54, 1.807) is 0 Å². The van der Waals surface area contributed by atoms with Gasteiger partial charge < -0.3 is 20.6 Å². The molecule has 21 heavy (non-hydrogen) atoms. The van der Waals surface area contributed by atoms with Gasteiger partial charge in [0.15, 0.2) is 0 Å². The number of nitrogens with one attached hydrogen (secondary N) is 1. The molecule has 0 spiro atoms. The van der Waals surface area contributed by atoms with Crippen molar-refractivity contribution in [3.63, 3.8) is 0 Å². The molecule has 2 aromatic rings. The van der Waals surface area contributed by atoms with Crippen LogP contribution in [-0.2, 0) is 6.42 Å². The van der Waals surface area contributed by atoms with Crippen molar-refractivity contribution in [3.05, 3.63) is 40.3 Å². The molecule has 2 rings (SSSR count). The van der Waals surface area contributed by atoms with Gasteiger partial charge in [-0.15, -0.1) is 11.3 Å². The fraction of sp³-hybridized carbons (Fsp3) is 0.143. The summed E-state index contributed by atoms with van der Waals surface area (Å²) in [5.74, 6) is -2.67. The van der Waals surface area contributed by atoms with Crippen LogP contribution in [-0.4, -0.2) is 27.2 Å². The molecule has 0 radical (unpaired) electrons. The lowest BCUT2D eigenvalue weighted by molar-refractivity contribution is 0.0698. The fourth-order valence-corrected chi connectivity index (χ4v) is 2.78. The fourth-order valence-electron chi connectivity index (χ4n) is 1.79. The number of aromatic carboxylic acids is 1. The second-order valence-corrected chi connectivity index (χ2v) is 5.38. The largest absolute Gasteiger partial charge is 0.507 e. The minimum atomic E-state index is -1.15. The highest BCUT2D eigenvalue weighted by atomic mass is 32.1. The monoisotopic (exact) mass is 307 g/mol. The van der Waals surface area contributed by atoms with Crippen LogP contribution in [0.5, 0.6) is 11.5 Å². The zero-order valence-electron chi connectivity index (χ0n) is 11.1. The third-order valence-electron chi connectivity index (χ3n) is 2.84. The number of hydrogen-bond acceptors (Lipinski definition) is 5. The van der Waals surface area contributed by atoms with Crippen LogP contribution in [0.15, 0.2) is 24.3 Å². The van der Waals surface area contributed by atoms with E-state index in [0.717, 1.165) is 16.2 Å². The molecule has 0 saturated carbocycles. The lowest BCUT2D eigenvalue weighted by atomic mass is 10.1. The summed E-state index contributed by atoms with van der Waals surface area (Å²) in [6.07, 6.45) is 0.642. The van der Waals surface area contributed by atoms with Crippen LogP contribution in [0.1, 0.15) is 32.5 Å². The van der Waals surface area contributed by atoms with E-state index in [1.165, 1.54) is 24.3 Å². The summed E-state index contributed by atoms with van der Waals surface area (Å²) in [6, 6.07) is 5.41. The molecule has 0 unspecified atom stereocenters. The maximum absolute atomic E-state index is 12.1. The van der Waals surface area contributed by atoms with Crippen LogP contribution in [0.2, 0.25) is 0 Å². The lowest BCUT2D eigenvalue weighted by Crippen LogP contribution is -2.13. The number of aryl methyl sites for hydroxylation is 1. The van der Waals surface area contributed by atoms with Crippen molar-refractivity contribution in [2.24, 2.45) is 0 Å². The molecule has 6 nitrogen and oxygen atoms in total. The van der Waals surface area contributed by atoms with Gasteiger partial charge in [-0.2, -0.15) is 0 Å². The number of phenolic OH excluding ortho intramolecular Hbond substituents is 2. The van der Waals surface area contributed by atoms with E-state index < -0.39 is 11.9 Å². The molecule has 0 aliphatic heterocycles. The molecule has 0 fully saturated rings. The smallest absolute Gasteiger partial charge is 0.338 e. The van der Waals surface area contributed by atoms with Crippen LogP contribution in [0, 0.1) is 0 Å². The maximum Gasteiger partial charge on any atom is 0.338 e. The van der Waals surface area contributed by atoms with Gasteiger partial charge in [0.2, 0.25) is 0 Å². The van der Waals surface area contributed by atoms with Crippen molar-refractivity contribution >= 4 is 28.2 Å². The number of aromatic hydroxyl groups is 2. The molecular weight excluding hydrogens is 294 g/mol. The number of anilines is 1. The minimum absolute atomic E-state index is 0.0138. The van der Waals surface area contributed by atoms with Gasteiger partial charge in [-0.3, -0.25) is 4.79 Å². The van der Waals surface area contributed by atoms with Gasteiger partial charge in [-0.1, -0.05) is 13.0 Å². The van der Waals surface area contributed by atoms with E-state index >= 15 is 0 Å². The summed E-state index contributed by atoms with van der Waals surface area (Å²) in [5.41, 5.74) is -0.305. The van der Waals surface area contributed by atoms with E-state index in [4.69, 9.17) is 5.11 Å². The van der Waals surface area contributed by atoms with Gasteiger partial charge in [0, 0.05) is 4.88 Å². The summed E-state index contributed by atoms with van der Waals surface area (Å²) >= 11 is 1.15. The molecule has 7 heteroatoms. The Labute approximate surface area is 124 Å². The highest BCUT2D eigenvalue weighted by molar-refractivity contribution is 7.16. The molecule has 1 amide bonds. The zero-order valence-corrected chi connectivity index (χ0v) is 11.9. The third-order valence-corrected chi connectivity index (χ3v) is 4.03. The van der Waals surface area contributed by atoms with Crippen LogP contribution in [0.4, 0.5) is 5.00 Å². The van der Waals surface area contributed by atoms with Gasteiger partial charge in [0.25, 0.3) is 5.91 Å². The first-order chi connectivity index (χ1) is 9.93. The average molecular weight is 307 g/mol. The van der Waals surface area contributed by atoms with Gasteiger partial charge >= 0.3 is 5.97 Å². The first kappa shape index (κ1) is 14.9. The first-order valence-electron chi connectivity index (χ1n) is 6.12. The van der Waals surface area contributed by atoms with Gasteiger partial charge in [0.1, 0.15) is 22.1 Å². The molecular formula is C14H13NO5S. The third kappa shape index (κ3) is 2.97. The van der Waals surface area contributed by atoms with Crippen molar-refractivity contribution in [1.82, 2.24) is 0 Å². The second-order valence-electron chi connectivity index (χ2n) is 4.24. The van der Waals surface area contributed by atoms with E-state index in [2.05, 4.69) is 5.32 Å². The summed E-state index contributed by atoms with van der Waals surface area (Å²) in [6.45, 7) is 1.87. The number of carbonyl (C=O) groups is 2. The number of carboxylic acid groups (broad SMARTS) is 1. The van der Waals surface area contributed by atoms with E-state index in [0.29, 0.717) is 6.42 Å². The van der Waals surface area contributed by atoms with Crippen LogP contribution in [0.25, 0.3) is 0 Å². The Morgan fingerprint density at radius 3 is 2.38 bits per heavy atom. The Morgan fingerprint density at radius 2 is 1.86 bits per heavy atom. The number of phenols is 2. The molecule has 1 heterocycles. The van der Waals surface area contributed by atoms with Crippen molar-refractivity contribution in [1.29, 1.82) is 0 Å². The Bertz CT molecular complexity index is 687.